The third-order valence-corrected chi connectivity index (χ3v) is 4.84. The maximum Gasteiger partial charge on any atom is 0.278 e. The van der Waals surface area contributed by atoms with Crippen LogP contribution in [0.5, 0.6) is 0 Å². The second-order valence-electron chi connectivity index (χ2n) is 7.88. The molecule has 2 aromatic rings. The molecular formula is C24H29Cl2N3O3. The number of hydrogen-bond donors (Lipinski definition) is 1. The van der Waals surface area contributed by atoms with Gasteiger partial charge in [0.15, 0.2) is 11.5 Å². The summed E-state index contributed by atoms with van der Waals surface area (Å²) in [6.45, 7) is 9.59. The maximum absolute atomic E-state index is 12.9. The first-order valence-corrected chi connectivity index (χ1v) is 10.8. The molecule has 0 aliphatic heterocycles. The van der Waals surface area contributed by atoms with Gasteiger partial charge in [-0.15, -0.1) is 0 Å². The fourth-order valence-corrected chi connectivity index (χ4v) is 2.88. The summed E-state index contributed by atoms with van der Waals surface area (Å²) in [6.07, 6.45) is 0.750. The van der Waals surface area contributed by atoms with Crippen LogP contribution in [0.25, 0.3) is 0 Å². The molecule has 2 rings (SSSR count). The lowest BCUT2D eigenvalue weighted by Crippen LogP contribution is -2.37. The third kappa shape index (κ3) is 8.09. The summed E-state index contributed by atoms with van der Waals surface area (Å²) in [6, 6.07) is 12.1. The number of hydrogen-bond acceptors (Lipinski definition) is 5. The van der Waals surface area contributed by atoms with Gasteiger partial charge in [0.2, 0.25) is 0 Å². The van der Waals surface area contributed by atoms with Gasteiger partial charge in [0, 0.05) is 29.7 Å². The number of amides is 1. The molecule has 8 heteroatoms. The van der Waals surface area contributed by atoms with E-state index in [9.17, 15) is 9.59 Å². The molecule has 0 aliphatic carbocycles. The number of ketones is 1. The lowest BCUT2D eigenvalue weighted by Gasteiger charge is -2.19. The van der Waals surface area contributed by atoms with Crippen LogP contribution in [0.3, 0.4) is 0 Å². The van der Waals surface area contributed by atoms with Crippen molar-refractivity contribution in [2.24, 2.45) is 10.4 Å². The first kappa shape index (κ1) is 27.3. The number of nitrogens with one attached hydrogen (secondary N) is 1. The maximum atomic E-state index is 12.9. The Balaban J connectivity index is 0.00000161. The second-order valence-corrected chi connectivity index (χ2v) is 8.73. The number of benzene rings is 2. The van der Waals surface area contributed by atoms with Crippen molar-refractivity contribution in [2.75, 3.05) is 23.8 Å². The molecule has 0 atom stereocenters. The molecule has 0 aliphatic rings. The zero-order valence-electron chi connectivity index (χ0n) is 19.2. The molecule has 0 saturated carbocycles. The Kier molecular flexibility index (Phi) is 10.6. The molecule has 0 aromatic heterocycles. The predicted molar refractivity (Wildman–Crippen MR) is 134 cm³/mol. The minimum absolute atomic E-state index is 0.180. The highest BCUT2D eigenvalue weighted by molar-refractivity contribution is 6.68. The molecule has 0 heterocycles. The standard InChI is InChI=1S/C22H25Cl2N3O2.C2H4O/c1-6-27(5)16-10-8-15(9-11-16)25-19(20(28)22(2,3)4)21(29)26-18-12-7-14(23)13-17(18)24;1-2-3/h7-13H,6H2,1-5H3,(H,26,29);2H,1H3. The number of Topliss-reactive ketones (excluding diaryl/α,β-unsaturated/α-hetero) is 1. The van der Waals surface area contributed by atoms with E-state index in [1.807, 2.05) is 19.2 Å². The van der Waals surface area contributed by atoms with Crippen LogP contribution < -0.4 is 10.2 Å². The van der Waals surface area contributed by atoms with E-state index < -0.39 is 11.3 Å². The van der Waals surface area contributed by atoms with E-state index in [4.69, 9.17) is 28.0 Å². The summed E-state index contributed by atoms with van der Waals surface area (Å²) >= 11 is 12.0. The molecule has 2 aromatic carbocycles. The van der Waals surface area contributed by atoms with E-state index in [1.165, 1.54) is 13.0 Å². The van der Waals surface area contributed by atoms with Crippen molar-refractivity contribution in [2.45, 2.75) is 34.6 Å². The quantitative estimate of drug-likeness (QED) is 0.315. The van der Waals surface area contributed by atoms with Gasteiger partial charge in [0.1, 0.15) is 6.29 Å². The molecule has 0 radical (unpaired) electrons. The molecule has 0 spiro atoms. The van der Waals surface area contributed by atoms with Gasteiger partial charge in [0.05, 0.1) is 16.4 Å². The summed E-state index contributed by atoms with van der Waals surface area (Å²) in [4.78, 5) is 41.0. The van der Waals surface area contributed by atoms with Crippen LogP contribution in [0.15, 0.2) is 47.5 Å². The monoisotopic (exact) mass is 477 g/mol. The van der Waals surface area contributed by atoms with Gasteiger partial charge in [-0.05, 0) is 56.3 Å². The van der Waals surface area contributed by atoms with Crippen molar-refractivity contribution in [3.63, 3.8) is 0 Å². The van der Waals surface area contributed by atoms with E-state index in [-0.39, 0.29) is 16.5 Å². The Morgan fingerprint density at radius 3 is 2.12 bits per heavy atom. The van der Waals surface area contributed by atoms with Gasteiger partial charge in [-0.2, -0.15) is 0 Å². The topological polar surface area (TPSA) is 78.8 Å². The van der Waals surface area contributed by atoms with Crippen molar-refractivity contribution in [3.05, 3.63) is 52.5 Å². The Labute approximate surface area is 199 Å². The van der Waals surface area contributed by atoms with Crippen LogP contribution in [0.1, 0.15) is 34.6 Å². The van der Waals surface area contributed by atoms with E-state index in [1.54, 1.807) is 45.0 Å². The Bertz CT molecular complexity index is 981. The zero-order valence-corrected chi connectivity index (χ0v) is 20.7. The minimum atomic E-state index is -0.775. The lowest BCUT2D eigenvalue weighted by atomic mass is 9.87. The van der Waals surface area contributed by atoms with E-state index in [0.29, 0.717) is 16.4 Å². The zero-order chi connectivity index (χ0) is 24.5. The molecule has 0 fully saturated rings. The summed E-state index contributed by atoms with van der Waals surface area (Å²) in [5.41, 5.74) is 0.939. The highest BCUT2D eigenvalue weighted by atomic mass is 35.5. The summed E-state index contributed by atoms with van der Waals surface area (Å²) < 4.78 is 0. The van der Waals surface area contributed by atoms with Gasteiger partial charge in [0.25, 0.3) is 5.91 Å². The van der Waals surface area contributed by atoms with Crippen molar-refractivity contribution in [1.82, 2.24) is 0 Å². The van der Waals surface area contributed by atoms with E-state index >= 15 is 0 Å². The van der Waals surface area contributed by atoms with Crippen LogP contribution in [-0.2, 0) is 14.4 Å². The molecule has 32 heavy (non-hydrogen) atoms. The average molecular weight is 478 g/mol. The normalized spacial score (nSPS) is 11.2. The van der Waals surface area contributed by atoms with Crippen molar-refractivity contribution in [1.29, 1.82) is 0 Å². The molecule has 1 amide bonds. The number of carbonyl (C=O) groups excluding carboxylic acids is 3. The highest BCUT2D eigenvalue weighted by Gasteiger charge is 2.31. The lowest BCUT2D eigenvalue weighted by molar-refractivity contribution is -0.121. The van der Waals surface area contributed by atoms with E-state index in [0.717, 1.165) is 18.5 Å². The molecular weight excluding hydrogens is 449 g/mol. The molecule has 1 N–H and O–H groups in total. The number of rotatable bonds is 6. The van der Waals surface area contributed by atoms with E-state index in [2.05, 4.69) is 22.1 Å². The third-order valence-electron chi connectivity index (χ3n) is 4.30. The Morgan fingerprint density at radius 1 is 1.09 bits per heavy atom. The van der Waals surface area contributed by atoms with Gasteiger partial charge in [-0.3, -0.25) is 9.59 Å². The largest absolute Gasteiger partial charge is 0.375 e. The van der Waals surface area contributed by atoms with Crippen molar-refractivity contribution >= 4 is 64.0 Å². The van der Waals surface area contributed by atoms with Crippen LogP contribution >= 0.6 is 23.2 Å². The average Bonchev–Trinajstić information content (AvgIpc) is 2.73. The Hall–Kier alpha value is -2.70. The molecule has 0 unspecified atom stereocenters. The van der Waals surface area contributed by atoms with Crippen LogP contribution in [0.4, 0.5) is 17.1 Å². The minimum Gasteiger partial charge on any atom is -0.375 e. The van der Waals surface area contributed by atoms with Crippen molar-refractivity contribution in [3.8, 4) is 0 Å². The number of halogens is 2. The van der Waals surface area contributed by atoms with Crippen molar-refractivity contribution < 1.29 is 14.4 Å². The predicted octanol–water partition coefficient (Wildman–Crippen LogP) is 5.98. The SMILES string of the molecule is CC=O.CCN(C)c1ccc(N=C(C(=O)Nc2ccc(Cl)cc2Cl)C(=O)C(C)(C)C)cc1. The fourth-order valence-electron chi connectivity index (χ4n) is 2.43. The number of carbonyl (C=O) groups is 3. The fraction of sp³-hybridized carbons (Fsp3) is 0.333. The first-order chi connectivity index (χ1) is 14.9. The summed E-state index contributed by atoms with van der Waals surface area (Å²) in [7, 11) is 1.98. The van der Waals surface area contributed by atoms with Gasteiger partial charge in [-0.1, -0.05) is 44.0 Å². The first-order valence-electron chi connectivity index (χ1n) is 10.1. The molecule has 172 valence electrons. The number of anilines is 2. The van der Waals surface area contributed by atoms with Crippen LogP contribution in [0.2, 0.25) is 10.0 Å². The van der Waals surface area contributed by atoms with Crippen LogP contribution in [-0.4, -0.2) is 37.3 Å². The second kappa shape index (κ2) is 12.4. The summed E-state index contributed by atoms with van der Waals surface area (Å²) in [5, 5.41) is 3.39. The molecule has 0 saturated heterocycles. The molecule has 6 nitrogen and oxygen atoms in total. The smallest absolute Gasteiger partial charge is 0.278 e. The van der Waals surface area contributed by atoms with Crippen LogP contribution in [0, 0.1) is 5.41 Å². The number of aliphatic imine (C=N–C) groups is 1. The van der Waals surface area contributed by atoms with Gasteiger partial charge >= 0.3 is 0 Å². The van der Waals surface area contributed by atoms with Gasteiger partial charge in [-0.25, -0.2) is 4.99 Å². The number of nitrogens with zero attached hydrogens (tertiary/aromatic N) is 2. The van der Waals surface area contributed by atoms with Gasteiger partial charge < -0.3 is 15.0 Å². The molecule has 0 bridgehead atoms. The number of aldehydes is 1. The Morgan fingerprint density at radius 2 is 1.66 bits per heavy atom. The highest BCUT2D eigenvalue weighted by Crippen LogP contribution is 2.26. The summed E-state index contributed by atoms with van der Waals surface area (Å²) in [5.74, 6) is -0.987.